The van der Waals surface area contributed by atoms with E-state index in [-0.39, 0.29) is 17.7 Å². The van der Waals surface area contributed by atoms with Crippen LogP contribution in [0.3, 0.4) is 0 Å². The first-order chi connectivity index (χ1) is 9.86. The zero-order valence-corrected chi connectivity index (χ0v) is 13.2. The van der Waals surface area contributed by atoms with Gasteiger partial charge in [0.15, 0.2) is 0 Å². The number of carbonyl (C=O) groups excluding carboxylic acids is 2. The summed E-state index contributed by atoms with van der Waals surface area (Å²) in [6, 6.07) is 2.05. The lowest BCUT2D eigenvalue weighted by atomic mass is 10.1. The van der Waals surface area contributed by atoms with E-state index in [4.69, 9.17) is 0 Å². The number of hydrogen-bond acceptors (Lipinski definition) is 3. The Kier molecular flexibility index (Phi) is 4.65. The van der Waals surface area contributed by atoms with Crippen molar-refractivity contribution in [3.63, 3.8) is 0 Å². The Morgan fingerprint density at radius 3 is 2.76 bits per heavy atom. The molecule has 1 aliphatic rings. The van der Waals surface area contributed by atoms with Gasteiger partial charge in [-0.25, -0.2) is 0 Å². The van der Waals surface area contributed by atoms with Crippen molar-refractivity contribution in [1.82, 2.24) is 20.0 Å². The molecule has 0 unspecified atom stereocenters. The van der Waals surface area contributed by atoms with Crippen LogP contribution in [0, 0.1) is 25.7 Å². The Morgan fingerprint density at radius 1 is 1.52 bits per heavy atom. The lowest BCUT2D eigenvalue weighted by Crippen LogP contribution is -2.36. The van der Waals surface area contributed by atoms with Gasteiger partial charge in [-0.05, 0) is 25.8 Å². The van der Waals surface area contributed by atoms with E-state index in [0.717, 1.165) is 17.9 Å². The summed E-state index contributed by atoms with van der Waals surface area (Å²) >= 11 is 0. The van der Waals surface area contributed by atoms with Crippen LogP contribution in [0.5, 0.6) is 0 Å². The Morgan fingerprint density at radius 2 is 2.24 bits per heavy atom. The maximum atomic E-state index is 12.1. The average molecular weight is 292 g/mol. The molecule has 0 bridgehead atoms. The van der Waals surface area contributed by atoms with Gasteiger partial charge in [0.2, 0.25) is 11.8 Å². The summed E-state index contributed by atoms with van der Waals surface area (Å²) < 4.78 is 1.97. The number of nitrogens with zero attached hydrogens (tertiary/aromatic N) is 3. The van der Waals surface area contributed by atoms with Gasteiger partial charge in [-0.2, -0.15) is 5.10 Å². The number of aryl methyl sites for hydroxylation is 2. The smallest absolute Gasteiger partial charge is 0.225 e. The zero-order valence-electron chi connectivity index (χ0n) is 13.2. The van der Waals surface area contributed by atoms with E-state index in [1.54, 1.807) is 11.9 Å². The maximum Gasteiger partial charge on any atom is 0.225 e. The first kappa shape index (κ1) is 15.5. The van der Waals surface area contributed by atoms with Crippen molar-refractivity contribution >= 4 is 11.8 Å². The Labute approximate surface area is 125 Å². The molecule has 0 aromatic carbocycles. The molecule has 6 nitrogen and oxygen atoms in total. The largest absolute Gasteiger partial charge is 0.355 e. The van der Waals surface area contributed by atoms with Crippen LogP contribution in [0.15, 0.2) is 6.07 Å². The molecule has 1 N–H and O–H groups in total. The highest BCUT2D eigenvalue weighted by Gasteiger charge is 2.31. The number of rotatable bonds is 5. The van der Waals surface area contributed by atoms with E-state index < -0.39 is 0 Å². The van der Waals surface area contributed by atoms with Crippen molar-refractivity contribution in [2.75, 3.05) is 20.1 Å². The van der Waals surface area contributed by atoms with Gasteiger partial charge in [0, 0.05) is 38.8 Å². The third-order valence-corrected chi connectivity index (χ3v) is 3.92. The summed E-state index contributed by atoms with van der Waals surface area (Å²) in [6.07, 6.45) is 0.328. The summed E-state index contributed by atoms with van der Waals surface area (Å²) in [4.78, 5) is 25.1. The van der Waals surface area contributed by atoms with E-state index >= 15 is 0 Å². The molecule has 0 saturated carbocycles. The van der Waals surface area contributed by atoms with Crippen LogP contribution in [0.2, 0.25) is 0 Å². The number of carbonyl (C=O) groups is 2. The molecular formula is C15H24N4O2. The van der Waals surface area contributed by atoms with Crippen molar-refractivity contribution in [1.29, 1.82) is 0 Å². The predicted octanol–water partition coefficient (Wildman–Crippen LogP) is 0.731. The Bertz CT molecular complexity index is 538. The standard InChI is InChI=1S/C15H24N4O2/c1-10(8-19-12(3)5-11(2)17-19)7-16-15(21)13-6-14(20)18(4)9-13/h5,10,13H,6-9H2,1-4H3,(H,16,21)/t10-,13-/m0/s1. The van der Waals surface area contributed by atoms with Crippen LogP contribution >= 0.6 is 0 Å². The summed E-state index contributed by atoms with van der Waals surface area (Å²) in [5, 5.41) is 7.38. The molecule has 1 fully saturated rings. The number of likely N-dealkylation sites (tertiary alicyclic amines) is 1. The number of aromatic nitrogens is 2. The van der Waals surface area contributed by atoms with E-state index in [1.165, 1.54) is 0 Å². The lowest BCUT2D eigenvalue weighted by Gasteiger charge is -2.16. The van der Waals surface area contributed by atoms with Crippen LogP contribution < -0.4 is 5.32 Å². The van der Waals surface area contributed by atoms with Crippen LogP contribution in [-0.4, -0.2) is 46.6 Å². The second-order valence-electron chi connectivity index (χ2n) is 6.13. The van der Waals surface area contributed by atoms with Gasteiger partial charge >= 0.3 is 0 Å². The highest BCUT2D eigenvalue weighted by molar-refractivity contribution is 5.89. The van der Waals surface area contributed by atoms with Crippen LogP contribution in [0.4, 0.5) is 0 Å². The van der Waals surface area contributed by atoms with Gasteiger partial charge < -0.3 is 10.2 Å². The van der Waals surface area contributed by atoms with Gasteiger partial charge in [-0.3, -0.25) is 14.3 Å². The molecule has 2 amide bonds. The summed E-state index contributed by atoms with van der Waals surface area (Å²) in [6.45, 7) is 8.00. The van der Waals surface area contributed by atoms with Gasteiger partial charge in [0.1, 0.15) is 0 Å². The molecule has 1 aromatic heterocycles. The van der Waals surface area contributed by atoms with E-state index in [2.05, 4.69) is 17.3 Å². The molecule has 2 atom stereocenters. The van der Waals surface area contributed by atoms with E-state index in [9.17, 15) is 9.59 Å². The fourth-order valence-electron chi connectivity index (χ4n) is 2.68. The second-order valence-corrected chi connectivity index (χ2v) is 6.13. The topological polar surface area (TPSA) is 67.2 Å². The molecule has 21 heavy (non-hydrogen) atoms. The molecule has 2 rings (SSSR count). The van der Waals surface area contributed by atoms with E-state index in [0.29, 0.717) is 25.4 Å². The van der Waals surface area contributed by atoms with Crippen molar-refractivity contribution in [2.45, 2.75) is 33.7 Å². The minimum Gasteiger partial charge on any atom is -0.355 e. The molecule has 1 aliphatic heterocycles. The minimum atomic E-state index is -0.205. The number of hydrogen-bond donors (Lipinski definition) is 1. The normalized spacial score (nSPS) is 19.9. The Balaban J connectivity index is 1.79. The molecule has 2 heterocycles. The minimum absolute atomic E-state index is 0.0204. The van der Waals surface area contributed by atoms with Gasteiger partial charge in [0.05, 0.1) is 11.6 Å². The van der Waals surface area contributed by atoms with Crippen molar-refractivity contribution in [3.8, 4) is 0 Å². The quantitative estimate of drug-likeness (QED) is 0.870. The van der Waals surface area contributed by atoms with Crippen LogP contribution in [0.1, 0.15) is 24.7 Å². The third-order valence-electron chi connectivity index (χ3n) is 3.92. The van der Waals surface area contributed by atoms with Gasteiger partial charge in [-0.15, -0.1) is 0 Å². The second kappa shape index (κ2) is 6.28. The molecule has 0 spiro atoms. The monoisotopic (exact) mass is 292 g/mol. The van der Waals surface area contributed by atoms with Crippen LogP contribution in [0.25, 0.3) is 0 Å². The fourth-order valence-corrected chi connectivity index (χ4v) is 2.68. The molecule has 6 heteroatoms. The highest BCUT2D eigenvalue weighted by atomic mass is 16.2. The summed E-state index contributed by atoms with van der Waals surface area (Å²) in [5.74, 6) is 0.115. The van der Waals surface area contributed by atoms with Crippen molar-refractivity contribution in [2.24, 2.45) is 11.8 Å². The fraction of sp³-hybridized carbons (Fsp3) is 0.667. The average Bonchev–Trinajstić information content (AvgIpc) is 2.90. The predicted molar refractivity (Wildman–Crippen MR) is 79.6 cm³/mol. The summed E-state index contributed by atoms with van der Waals surface area (Å²) in [7, 11) is 1.74. The summed E-state index contributed by atoms with van der Waals surface area (Å²) in [5.41, 5.74) is 2.14. The van der Waals surface area contributed by atoms with Gasteiger partial charge in [-0.1, -0.05) is 6.92 Å². The number of amides is 2. The van der Waals surface area contributed by atoms with E-state index in [1.807, 2.05) is 24.6 Å². The Hall–Kier alpha value is -1.85. The molecule has 1 aromatic rings. The highest BCUT2D eigenvalue weighted by Crippen LogP contribution is 2.16. The molecular weight excluding hydrogens is 268 g/mol. The van der Waals surface area contributed by atoms with Crippen LogP contribution in [-0.2, 0) is 16.1 Å². The maximum absolute atomic E-state index is 12.1. The third kappa shape index (κ3) is 3.83. The molecule has 0 aliphatic carbocycles. The number of nitrogens with one attached hydrogen (secondary N) is 1. The first-order valence-corrected chi connectivity index (χ1v) is 7.39. The lowest BCUT2D eigenvalue weighted by molar-refractivity contribution is -0.128. The van der Waals surface area contributed by atoms with Crippen molar-refractivity contribution in [3.05, 3.63) is 17.5 Å². The zero-order chi connectivity index (χ0) is 15.6. The SMILES string of the molecule is Cc1cc(C)n(C[C@@H](C)CNC(=O)[C@H]2CC(=O)N(C)C2)n1. The molecule has 1 saturated heterocycles. The molecule has 0 radical (unpaired) electrons. The van der Waals surface area contributed by atoms with Gasteiger partial charge in [0.25, 0.3) is 0 Å². The van der Waals surface area contributed by atoms with Crippen molar-refractivity contribution < 1.29 is 9.59 Å². The molecule has 116 valence electrons. The first-order valence-electron chi connectivity index (χ1n) is 7.39.